The summed E-state index contributed by atoms with van der Waals surface area (Å²) in [4.78, 5) is 23.2. The van der Waals surface area contributed by atoms with Gasteiger partial charge in [0.2, 0.25) is 0 Å². The van der Waals surface area contributed by atoms with Crippen LogP contribution in [0, 0.1) is 0 Å². The molecule has 2 N–H and O–H groups in total. The minimum atomic E-state index is -2.64. The van der Waals surface area contributed by atoms with E-state index in [0.717, 1.165) is 10.9 Å². The van der Waals surface area contributed by atoms with E-state index in [0.29, 0.717) is 27.2 Å². The fourth-order valence-electron chi connectivity index (χ4n) is 3.39. The van der Waals surface area contributed by atoms with Crippen LogP contribution < -0.4 is 15.1 Å². The molecule has 0 aliphatic carbocycles. The highest BCUT2D eigenvalue weighted by molar-refractivity contribution is 6.33. The first-order valence-electron chi connectivity index (χ1n) is 9.33. The number of H-pyrrole nitrogens is 1. The van der Waals surface area contributed by atoms with Gasteiger partial charge < -0.3 is 15.2 Å². The lowest BCUT2D eigenvalue weighted by Crippen LogP contribution is -2.40. The van der Waals surface area contributed by atoms with Crippen LogP contribution >= 0.6 is 23.2 Å². The third-order valence-electron chi connectivity index (χ3n) is 5.18. The molecule has 0 saturated carbocycles. The molecule has 158 valence electrons. The fourth-order valence-corrected chi connectivity index (χ4v) is 3.85. The van der Waals surface area contributed by atoms with Gasteiger partial charge in [-0.05, 0) is 24.3 Å². The maximum atomic E-state index is 13.4. The summed E-state index contributed by atoms with van der Waals surface area (Å²) in [5.41, 5.74) is 1.91. The van der Waals surface area contributed by atoms with Crippen molar-refractivity contribution in [2.45, 2.75) is 18.8 Å². The number of carbonyl (C=O) groups is 1. The van der Waals surface area contributed by atoms with Gasteiger partial charge in [0.05, 0.1) is 22.6 Å². The van der Waals surface area contributed by atoms with E-state index in [1.807, 2.05) is 6.07 Å². The van der Waals surface area contributed by atoms with Gasteiger partial charge in [0.15, 0.2) is 0 Å². The van der Waals surface area contributed by atoms with E-state index < -0.39 is 5.92 Å². The molecular formula is C20H19Cl2F2N5O. The predicted molar refractivity (Wildman–Crippen MR) is 116 cm³/mol. The Hall–Kier alpha value is -2.58. The van der Waals surface area contributed by atoms with Gasteiger partial charge in [-0.2, -0.15) is 0 Å². The average molecular weight is 454 g/mol. The first-order chi connectivity index (χ1) is 14.2. The summed E-state index contributed by atoms with van der Waals surface area (Å²) >= 11 is 12.4. The number of fused-ring (bicyclic) bond motifs is 1. The monoisotopic (exact) mass is 453 g/mol. The maximum Gasteiger partial charge on any atom is 0.326 e. The number of halogens is 4. The van der Waals surface area contributed by atoms with Gasteiger partial charge in [-0.15, -0.1) is 0 Å². The molecule has 1 aromatic carbocycles. The third kappa shape index (κ3) is 4.15. The van der Waals surface area contributed by atoms with Crippen LogP contribution in [0.3, 0.4) is 0 Å². The van der Waals surface area contributed by atoms with Crippen molar-refractivity contribution < 1.29 is 13.6 Å². The van der Waals surface area contributed by atoms with Crippen molar-refractivity contribution in [3.63, 3.8) is 0 Å². The van der Waals surface area contributed by atoms with Crippen molar-refractivity contribution in [2.24, 2.45) is 0 Å². The molecule has 0 unspecified atom stereocenters. The Balaban J connectivity index is 1.49. The molecule has 1 fully saturated rings. The van der Waals surface area contributed by atoms with Crippen LogP contribution in [0.15, 0.2) is 36.7 Å². The van der Waals surface area contributed by atoms with Crippen molar-refractivity contribution >= 4 is 57.3 Å². The van der Waals surface area contributed by atoms with Crippen LogP contribution in [-0.2, 0) is 0 Å². The zero-order valence-corrected chi connectivity index (χ0v) is 17.6. The van der Waals surface area contributed by atoms with E-state index in [2.05, 4.69) is 15.3 Å². The zero-order chi connectivity index (χ0) is 21.5. The smallest absolute Gasteiger partial charge is 0.326 e. The second-order valence-corrected chi connectivity index (χ2v) is 8.07. The lowest BCUT2D eigenvalue weighted by molar-refractivity contribution is -0.0221. The molecule has 4 rings (SSSR count). The van der Waals surface area contributed by atoms with Crippen LogP contribution in [0.25, 0.3) is 10.9 Å². The van der Waals surface area contributed by atoms with Gasteiger partial charge in [0.25, 0.3) is 5.92 Å². The lowest BCUT2D eigenvalue weighted by Gasteiger charge is -2.33. The highest BCUT2D eigenvalue weighted by Crippen LogP contribution is 2.34. The van der Waals surface area contributed by atoms with Gasteiger partial charge in [0, 0.05) is 55.1 Å². The molecule has 0 atom stereocenters. The molecular weight excluding hydrogens is 435 g/mol. The van der Waals surface area contributed by atoms with E-state index in [4.69, 9.17) is 23.2 Å². The molecule has 3 aromatic rings. The first-order valence-corrected chi connectivity index (χ1v) is 10.1. The molecule has 30 heavy (non-hydrogen) atoms. The largest absolute Gasteiger partial charge is 0.359 e. The molecule has 6 nitrogen and oxygen atoms in total. The van der Waals surface area contributed by atoms with Crippen LogP contribution in [0.2, 0.25) is 10.0 Å². The second kappa shape index (κ2) is 7.92. The topological polar surface area (TPSA) is 64.3 Å². The molecule has 1 aliphatic heterocycles. The highest BCUT2D eigenvalue weighted by atomic mass is 35.5. The number of anilines is 3. The Morgan fingerprint density at radius 2 is 2.00 bits per heavy atom. The van der Waals surface area contributed by atoms with Crippen LogP contribution in [-0.4, -0.2) is 42.1 Å². The van der Waals surface area contributed by atoms with Crippen molar-refractivity contribution in [3.05, 3.63) is 46.7 Å². The Bertz CT molecular complexity index is 1090. The predicted octanol–water partition coefficient (Wildman–Crippen LogP) is 5.77. The molecule has 0 bridgehead atoms. The summed E-state index contributed by atoms with van der Waals surface area (Å²) in [6.45, 7) is 0.358. The van der Waals surface area contributed by atoms with E-state index in [1.54, 1.807) is 36.3 Å². The summed E-state index contributed by atoms with van der Waals surface area (Å²) in [6.07, 6.45) is 2.72. The number of alkyl halides is 2. The Labute approximate surface area is 181 Å². The van der Waals surface area contributed by atoms with Gasteiger partial charge >= 0.3 is 6.03 Å². The number of piperidine rings is 1. The number of benzene rings is 1. The minimum absolute atomic E-state index is 0.179. The molecule has 0 radical (unpaired) electrons. The van der Waals surface area contributed by atoms with E-state index >= 15 is 0 Å². The van der Waals surface area contributed by atoms with Crippen molar-refractivity contribution in [1.82, 2.24) is 9.97 Å². The lowest BCUT2D eigenvalue weighted by atomic mass is 10.1. The Morgan fingerprint density at radius 3 is 2.70 bits per heavy atom. The number of pyridine rings is 1. The quantitative estimate of drug-likeness (QED) is 0.528. The summed E-state index contributed by atoms with van der Waals surface area (Å²) in [5, 5.41) is 4.48. The van der Waals surface area contributed by atoms with Crippen molar-refractivity contribution in [3.8, 4) is 0 Å². The highest BCUT2D eigenvalue weighted by Gasteiger charge is 2.35. The summed E-state index contributed by atoms with van der Waals surface area (Å²) in [7, 11) is 1.59. The molecule has 10 heteroatoms. The molecule has 2 amide bonds. The normalized spacial score (nSPS) is 16.0. The number of hydrogen-bond donors (Lipinski definition) is 2. The standard InChI is InChI=1S/C20H19Cl2F2N5O/c1-28(19(30)27-17-11-25-16-3-2-12(21)8-14(16)17)13-9-15(22)18(26-10-13)29-6-4-20(23,24)5-7-29/h2-3,8-11,25H,4-7H2,1H3,(H,27,30). The number of nitrogens with one attached hydrogen (secondary N) is 2. The van der Waals surface area contributed by atoms with Gasteiger partial charge in [-0.3, -0.25) is 4.90 Å². The van der Waals surface area contributed by atoms with Crippen molar-refractivity contribution in [1.29, 1.82) is 0 Å². The number of aromatic amines is 1. The number of hydrogen-bond acceptors (Lipinski definition) is 3. The molecule has 0 spiro atoms. The minimum Gasteiger partial charge on any atom is -0.359 e. The molecule has 2 aromatic heterocycles. The Morgan fingerprint density at radius 1 is 1.27 bits per heavy atom. The summed E-state index contributed by atoms with van der Waals surface area (Å²) in [5.74, 6) is -2.20. The summed E-state index contributed by atoms with van der Waals surface area (Å²) in [6, 6.07) is 6.56. The van der Waals surface area contributed by atoms with Crippen LogP contribution in [0.4, 0.5) is 30.8 Å². The van der Waals surface area contributed by atoms with Gasteiger partial charge in [-0.25, -0.2) is 18.6 Å². The first kappa shape index (κ1) is 20.7. The SMILES string of the molecule is CN(C(=O)Nc1c[nH]c2ccc(Cl)cc12)c1cnc(N2CCC(F)(F)CC2)c(Cl)c1. The number of urea groups is 1. The van der Waals surface area contributed by atoms with Gasteiger partial charge in [-0.1, -0.05) is 23.2 Å². The number of nitrogens with zero attached hydrogens (tertiary/aromatic N) is 3. The fraction of sp³-hybridized carbons (Fsp3) is 0.300. The zero-order valence-electron chi connectivity index (χ0n) is 16.1. The third-order valence-corrected chi connectivity index (χ3v) is 5.69. The van der Waals surface area contributed by atoms with Crippen LogP contribution in [0.5, 0.6) is 0 Å². The van der Waals surface area contributed by atoms with E-state index in [1.165, 1.54) is 11.1 Å². The van der Waals surface area contributed by atoms with Gasteiger partial charge in [0.1, 0.15) is 5.82 Å². The molecule has 3 heterocycles. The molecule has 1 saturated heterocycles. The van der Waals surface area contributed by atoms with E-state index in [-0.39, 0.29) is 32.0 Å². The number of carbonyl (C=O) groups excluding carboxylic acids is 1. The maximum absolute atomic E-state index is 13.4. The number of rotatable bonds is 3. The second-order valence-electron chi connectivity index (χ2n) is 7.22. The molecule has 1 aliphatic rings. The average Bonchev–Trinajstić information content (AvgIpc) is 3.09. The Kier molecular flexibility index (Phi) is 5.46. The summed E-state index contributed by atoms with van der Waals surface area (Å²) < 4.78 is 26.8. The van der Waals surface area contributed by atoms with Crippen molar-refractivity contribution in [2.75, 3.05) is 35.3 Å². The van der Waals surface area contributed by atoms with Crippen LogP contribution in [0.1, 0.15) is 12.8 Å². The van der Waals surface area contributed by atoms with E-state index in [9.17, 15) is 13.6 Å². The number of aromatic nitrogens is 2. The number of amides is 2.